The van der Waals surface area contributed by atoms with Gasteiger partial charge in [0.25, 0.3) is 3.91 Å². The van der Waals surface area contributed by atoms with Crippen LogP contribution in [0.3, 0.4) is 0 Å². The van der Waals surface area contributed by atoms with Gasteiger partial charge in [-0.05, 0) is 24.2 Å². The minimum absolute atomic E-state index is 0.0557. The van der Waals surface area contributed by atoms with Gasteiger partial charge in [-0.15, -0.1) is 0 Å². The van der Waals surface area contributed by atoms with Crippen molar-refractivity contribution in [3.63, 3.8) is 0 Å². The topological polar surface area (TPSA) is 119 Å². The fourth-order valence-electron chi connectivity index (χ4n) is 4.37. The van der Waals surface area contributed by atoms with Crippen molar-refractivity contribution in [3.05, 3.63) is 0 Å². The summed E-state index contributed by atoms with van der Waals surface area (Å²) in [4.78, 5) is 12.4. The molecule has 0 heterocycles. The molecule has 2 aliphatic carbocycles. The smallest absolute Gasteiger partial charge is 0.261 e. The number of hydrogen-bond acceptors (Lipinski definition) is 7. The van der Waals surface area contributed by atoms with Gasteiger partial charge >= 0.3 is 0 Å². The van der Waals surface area contributed by atoms with Gasteiger partial charge in [0.15, 0.2) is 29.5 Å². The molecule has 0 aromatic carbocycles. The van der Waals surface area contributed by atoms with Crippen LogP contribution in [0, 0.1) is 16.7 Å². The molecule has 0 spiro atoms. The Labute approximate surface area is 137 Å². The van der Waals surface area contributed by atoms with Crippen molar-refractivity contribution >= 4 is 35.3 Å². The summed E-state index contributed by atoms with van der Waals surface area (Å²) in [5.41, 5.74) is -1.78. The summed E-state index contributed by atoms with van der Waals surface area (Å²) in [6.45, 7) is 3.61. The highest BCUT2D eigenvalue weighted by Crippen LogP contribution is 2.64. The van der Waals surface area contributed by atoms with E-state index in [1.54, 1.807) is 13.8 Å². The third-order valence-corrected chi connectivity index (χ3v) is 14.4. The first-order valence-electron chi connectivity index (χ1n) is 7.18. The van der Waals surface area contributed by atoms with Gasteiger partial charge in [0.05, 0.1) is 5.75 Å². The van der Waals surface area contributed by atoms with Crippen molar-refractivity contribution < 1.29 is 30.0 Å². The SMILES string of the molecule is CC1(C)C2CCC1(CS(=O)(=O)C(S(C)(=O)=O)S(C)(=O)=O)C(=O)C2. The van der Waals surface area contributed by atoms with E-state index in [1.807, 2.05) is 0 Å². The summed E-state index contributed by atoms with van der Waals surface area (Å²) < 4.78 is 70.1. The van der Waals surface area contributed by atoms with Gasteiger partial charge in [0, 0.05) is 24.3 Å². The van der Waals surface area contributed by atoms with E-state index in [1.165, 1.54) is 0 Å². The van der Waals surface area contributed by atoms with E-state index in [0.29, 0.717) is 25.4 Å². The maximum absolute atomic E-state index is 12.7. The van der Waals surface area contributed by atoms with Crippen LogP contribution in [-0.2, 0) is 34.3 Å². The van der Waals surface area contributed by atoms with Gasteiger partial charge in [-0.2, -0.15) is 0 Å². The third-order valence-electron chi connectivity index (χ3n) is 5.58. The van der Waals surface area contributed by atoms with Crippen LogP contribution in [0.25, 0.3) is 0 Å². The molecule has 0 saturated heterocycles. The van der Waals surface area contributed by atoms with Crippen molar-refractivity contribution in [1.29, 1.82) is 0 Å². The van der Waals surface area contributed by atoms with Gasteiger partial charge in [0.2, 0.25) is 0 Å². The first-order chi connectivity index (χ1) is 10.1. The summed E-state index contributed by atoms with van der Waals surface area (Å²) >= 11 is 0. The number of sulfone groups is 3. The normalized spacial score (nSPS) is 31.0. The lowest BCUT2D eigenvalue weighted by Gasteiger charge is -2.36. The van der Waals surface area contributed by atoms with Crippen LogP contribution in [0.2, 0.25) is 0 Å². The molecule has 2 rings (SSSR count). The molecule has 0 amide bonds. The second kappa shape index (κ2) is 5.01. The molecule has 2 saturated carbocycles. The van der Waals surface area contributed by atoms with E-state index in [2.05, 4.69) is 0 Å². The van der Waals surface area contributed by atoms with Gasteiger partial charge in [-0.3, -0.25) is 4.79 Å². The maximum Gasteiger partial charge on any atom is 0.261 e. The highest BCUT2D eigenvalue weighted by atomic mass is 32.3. The summed E-state index contributed by atoms with van der Waals surface area (Å²) in [5.74, 6) is -0.879. The third kappa shape index (κ3) is 2.76. The van der Waals surface area contributed by atoms with Crippen LogP contribution in [0.15, 0.2) is 0 Å². The van der Waals surface area contributed by atoms with Crippen LogP contribution in [-0.4, -0.2) is 53.2 Å². The molecule has 23 heavy (non-hydrogen) atoms. The van der Waals surface area contributed by atoms with Crippen LogP contribution in [0.5, 0.6) is 0 Å². The zero-order valence-corrected chi connectivity index (χ0v) is 16.0. The quantitative estimate of drug-likeness (QED) is 0.660. The molecule has 2 bridgehead atoms. The molecule has 0 N–H and O–H groups in total. The lowest BCUT2D eigenvalue weighted by molar-refractivity contribution is -0.128. The lowest BCUT2D eigenvalue weighted by Crippen LogP contribution is -2.47. The first kappa shape index (κ1) is 18.9. The van der Waals surface area contributed by atoms with E-state index in [-0.39, 0.29) is 18.1 Å². The Bertz CT molecular complexity index is 817. The lowest BCUT2D eigenvalue weighted by atomic mass is 9.70. The molecule has 2 unspecified atom stereocenters. The standard InChI is InChI=1S/C13H22O7S3/c1-12(2)9-5-6-13(12,10(14)7-9)8-23(19,20)11(21(3,15)16)22(4,17)18/h9,11H,5-8H2,1-4H3. The van der Waals surface area contributed by atoms with E-state index < -0.39 is 50.0 Å². The summed E-state index contributed by atoms with van der Waals surface area (Å²) in [5, 5.41) is 0. The van der Waals surface area contributed by atoms with E-state index >= 15 is 0 Å². The predicted molar refractivity (Wildman–Crippen MR) is 85.8 cm³/mol. The minimum atomic E-state index is -4.57. The number of hydrogen-bond donors (Lipinski definition) is 0. The Kier molecular flexibility index (Phi) is 4.11. The monoisotopic (exact) mass is 386 g/mol. The molecule has 7 nitrogen and oxygen atoms in total. The van der Waals surface area contributed by atoms with Crippen LogP contribution in [0.4, 0.5) is 0 Å². The zero-order chi connectivity index (χ0) is 18.1. The molecule has 0 aliphatic heterocycles. The van der Waals surface area contributed by atoms with Gasteiger partial charge < -0.3 is 0 Å². The fraction of sp³-hybridized carbons (Fsp3) is 0.923. The summed E-state index contributed by atoms with van der Waals surface area (Å²) in [6, 6.07) is 0. The minimum Gasteiger partial charge on any atom is -0.299 e. The number of carbonyl (C=O) groups excluding carboxylic acids is 1. The van der Waals surface area contributed by atoms with Crippen LogP contribution in [0.1, 0.15) is 33.1 Å². The van der Waals surface area contributed by atoms with Crippen molar-refractivity contribution in [2.75, 3.05) is 18.3 Å². The highest BCUT2D eigenvalue weighted by Gasteiger charge is 2.66. The Morgan fingerprint density at radius 2 is 1.52 bits per heavy atom. The first-order valence-corrected chi connectivity index (χ1v) is 12.8. The fourth-order valence-corrected chi connectivity index (χ4v) is 13.1. The number of fused-ring (bicyclic) bond motifs is 2. The Morgan fingerprint density at radius 1 is 1.04 bits per heavy atom. The second-order valence-corrected chi connectivity index (χ2v) is 14.7. The number of Topliss-reactive ketones (excluding diaryl/α,β-unsaturated/α-hetero) is 1. The summed E-state index contributed by atoms with van der Waals surface area (Å²) in [6.07, 6.45) is 2.49. The molecular weight excluding hydrogens is 364 g/mol. The number of rotatable bonds is 5. The van der Waals surface area contributed by atoms with E-state index in [4.69, 9.17) is 0 Å². The molecule has 0 radical (unpaired) electrons. The van der Waals surface area contributed by atoms with Crippen LogP contribution < -0.4 is 0 Å². The molecule has 0 aromatic rings. The molecular formula is C13H22O7S3. The second-order valence-electron chi connectivity index (χ2n) is 7.42. The van der Waals surface area contributed by atoms with Crippen molar-refractivity contribution in [1.82, 2.24) is 0 Å². The average molecular weight is 387 g/mol. The Balaban J connectivity index is 2.56. The Morgan fingerprint density at radius 3 is 1.83 bits per heavy atom. The van der Waals surface area contributed by atoms with Crippen molar-refractivity contribution in [2.24, 2.45) is 16.7 Å². The van der Waals surface area contributed by atoms with E-state index in [9.17, 15) is 30.0 Å². The molecule has 2 aliphatic rings. The van der Waals surface area contributed by atoms with Gasteiger partial charge in [-0.1, -0.05) is 13.8 Å². The number of carbonyl (C=O) groups is 1. The summed E-state index contributed by atoms with van der Waals surface area (Å²) in [7, 11) is -13.3. The van der Waals surface area contributed by atoms with Gasteiger partial charge in [-0.25, -0.2) is 25.3 Å². The zero-order valence-electron chi connectivity index (χ0n) is 13.6. The average Bonchev–Trinajstić information content (AvgIpc) is 2.56. The van der Waals surface area contributed by atoms with Gasteiger partial charge in [0.1, 0.15) is 5.78 Å². The highest BCUT2D eigenvalue weighted by molar-refractivity contribution is 8.23. The molecule has 2 fully saturated rings. The van der Waals surface area contributed by atoms with Crippen molar-refractivity contribution in [3.8, 4) is 0 Å². The van der Waals surface area contributed by atoms with Crippen LogP contribution >= 0.6 is 0 Å². The van der Waals surface area contributed by atoms with Crippen molar-refractivity contribution in [2.45, 2.75) is 37.0 Å². The maximum atomic E-state index is 12.7. The number of ketones is 1. The molecule has 0 aromatic heterocycles. The molecule has 10 heteroatoms. The predicted octanol–water partition coefficient (Wildman–Crippen LogP) is 0.169. The molecule has 2 atom stereocenters. The Hall–Kier alpha value is -0.480. The molecule has 134 valence electrons. The van der Waals surface area contributed by atoms with E-state index in [0.717, 1.165) is 0 Å². The largest absolute Gasteiger partial charge is 0.299 e.